The SMILES string of the molecule is C.CCN(CC)CCNC(=O)c1ccc([N+](=O)[O-])cc1.CC[N+](CC)(CC)CCNC(=O)c1ccc([N+](=O)[O-])cc1.[I-]. The molecule has 0 aromatic heterocycles. The van der Waals surface area contributed by atoms with Crippen LogP contribution >= 0.6 is 0 Å². The molecule has 0 aliphatic heterocycles. The van der Waals surface area contributed by atoms with E-state index in [9.17, 15) is 29.8 Å². The summed E-state index contributed by atoms with van der Waals surface area (Å²) in [6, 6.07) is 11.2. The Kier molecular flexibility index (Phi) is 21.0. The third kappa shape index (κ3) is 13.7. The molecule has 2 rings (SSSR count). The van der Waals surface area contributed by atoms with Gasteiger partial charge in [-0.1, -0.05) is 21.3 Å². The van der Waals surface area contributed by atoms with E-state index in [1.807, 2.05) is 0 Å². The molecule has 0 saturated heterocycles. The Labute approximate surface area is 266 Å². The van der Waals surface area contributed by atoms with Crippen LogP contribution in [-0.4, -0.2) is 89.9 Å². The molecule has 0 saturated carbocycles. The van der Waals surface area contributed by atoms with Crippen LogP contribution in [0.5, 0.6) is 0 Å². The van der Waals surface area contributed by atoms with E-state index in [0.717, 1.165) is 50.3 Å². The molecule has 2 N–H and O–H groups in total. The molecule has 0 atom stereocenters. The molecular formula is C29H47IN6O6. The molecule has 12 nitrogen and oxygen atoms in total. The lowest BCUT2D eigenvalue weighted by molar-refractivity contribution is -0.922. The van der Waals surface area contributed by atoms with E-state index in [1.165, 1.54) is 48.5 Å². The molecule has 0 spiro atoms. The lowest BCUT2D eigenvalue weighted by Gasteiger charge is -2.35. The second-order valence-electron chi connectivity index (χ2n) is 9.16. The number of non-ortho nitro benzene ring substituents is 2. The Morgan fingerprint density at radius 3 is 1.38 bits per heavy atom. The quantitative estimate of drug-likeness (QED) is 0.124. The number of carbonyl (C=O) groups is 2. The van der Waals surface area contributed by atoms with Crippen molar-refractivity contribution in [2.24, 2.45) is 0 Å². The number of quaternary nitrogens is 1. The van der Waals surface area contributed by atoms with E-state index in [1.54, 1.807) is 0 Å². The lowest BCUT2D eigenvalue weighted by atomic mass is 10.2. The van der Waals surface area contributed by atoms with Gasteiger partial charge in [0.2, 0.25) is 0 Å². The van der Waals surface area contributed by atoms with Crippen molar-refractivity contribution in [1.82, 2.24) is 15.5 Å². The normalized spacial score (nSPS) is 10.3. The van der Waals surface area contributed by atoms with Gasteiger partial charge in [0.25, 0.3) is 23.2 Å². The second-order valence-corrected chi connectivity index (χ2v) is 9.16. The molecular weight excluding hydrogens is 655 g/mol. The van der Waals surface area contributed by atoms with Gasteiger partial charge in [0.1, 0.15) is 0 Å². The van der Waals surface area contributed by atoms with E-state index in [-0.39, 0.29) is 54.6 Å². The van der Waals surface area contributed by atoms with Crippen molar-refractivity contribution < 1.29 is 47.9 Å². The molecule has 236 valence electrons. The molecule has 2 aromatic carbocycles. The van der Waals surface area contributed by atoms with E-state index in [0.29, 0.717) is 24.2 Å². The topological polar surface area (TPSA) is 148 Å². The third-order valence-corrected chi connectivity index (χ3v) is 7.17. The van der Waals surface area contributed by atoms with Crippen LogP contribution in [0.2, 0.25) is 0 Å². The number of hydrogen-bond acceptors (Lipinski definition) is 7. The van der Waals surface area contributed by atoms with Gasteiger partial charge >= 0.3 is 0 Å². The van der Waals surface area contributed by atoms with Crippen molar-refractivity contribution in [2.75, 3.05) is 58.9 Å². The third-order valence-electron chi connectivity index (χ3n) is 7.17. The van der Waals surface area contributed by atoms with E-state index < -0.39 is 9.85 Å². The van der Waals surface area contributed by atoms with Crippen molar-refractivity contribution in [3.05, 3.63) is 79.9 Å². The average Bonchev–Trinajstić information content (AvgIpc) is 2.98. The van der Waals surface area contributed by atoms with Crippen LogP contribution in [0.1, 0.15) is 62.8 Å². The van der Waals surface area contributed by atoms with Crippen LogP contribution in [0.3, 0.4) is 0 Å². The van der Waals surface area contributed by atoms with E-state index >= 15 is 0 Å². The largest absolute Gasteiger partial charge is 1.00 e. The summed E-state index contributed by atoms with van der Waals surface area (Å²) in [5, 5.41) is 26.7. The Morgan fingerprint density at radius 1 is 0.714 bits per heavy atom. The highest BCUT2D eigenvalue weighted by molar-refractivity contribution is 5.94. The summed E-state index contributed by atoms with van der Waals surface area (Å²) >= 11 is 0. The zero-order chi connectivity index (χ0) is 30.1. The maximum absolute atomic E-state index is 12.0. The number of amides is 2. The van der Waals surface area contributed by atoms with Crippen LogP contribution in [0.25, 0.3) is 0 Å². The number of halogens is 1. The molecule has 0 fully saturated rings. The number of hydrogen-bond donors (Lipinski definition) is 2. The average molecular weight is 703 g/mol. The number of nitrogens with zero attached hydrogens (tertiary/aromatic N) is 4. The standard InChI is InChI=1S/C15H23N3O3.C13H19N3O3.CH4.HI/c1-4-18(5-2,6-3)12-11-16-15(19)13-7-9-14(10-8-13)17(20)21;1-3-15(4-2)10-9-14-13(17)11-5-7-12(8-6-11)16(18)19;;/h7-10H,4-6,11-12H2,1-3H3;5-8H,3-4,9-10H2,1-2H3,(H,14,17);1H4;1H. The van der Waals surface area contributed by atoms with Crippen LogP contribution in [0.15, 0.2) is 48.5 Å². The van der Waals surface area contributed by atoms with Gasteiger partial charge in [0.15, 0.2) is 0 Å². The Balaban J connectivity index is 0. The first-order valence-corrected chi connectivity index (χ1v) is 13.7. The fourth-order valence-electron chi connectivity index (χ4n) is 4.09. The first-order chi connectivity index (χ1) is 19.1. The number of nitro groups is 2. The Hall–Kier alpha value is -3.17. The van der Waals surface area contributed by atoms with Gasteiger partial charge in [-0.3, -0.25) is 29.8 Å². The highest BCUT2D eigenvalue weighted by atomic mass is 127. The van der Waals surface area contributed by atoms with Gasteiger partial charge in [0.05, 0.1) is 42.6 Å². The minimum Gasteiger partial charge on any atom is -1.00 e. The lowest BCUT2D eigenvalue weighted by Crippen LogP contribution is -3.00. The first-order valence-electron chi connectivity index (χ1n) is 13.7. The maximum Gasteiger partial charge on any atom is 0.269 e. The van der Waals surface area contributed by atoms with Gasteiger partial charge in [-0.15, -0.1) is 0 Å². The zero-order valence-corrected chi connectivity index (χ0v) is 26.8. The van der Waals surface area contributed by atoms with Crippen LogP contribution in [0.4, 0.5) is 11.4 Å². The summed E-state index contributed by atoms with van der Waals surface area (Å²) in [6.45, 7) is 18.5. The predicted octanol–water partition coefficient (Wildman–Crippen LogP) is 1.51. The highest BCUT2D eigenvalue weighted by Crippen LogP contribution is 2.13. The second kappa shape index (κ2) is 21.5. The number of likely N-dealkylation sites (N-methyl/N-ethyl adjacent to an activating group) is 2. The summed E-state index contributed by atoms with van der Waals surface area (Å²) < 4.78 is 0.973. The Bertz CT molecular complexity index is 1080. The van der Waals surface area contributed by atoms with Crippen LogP contribution < -0.4 is 34.6 Å². The molecule has 2 amide bonds. The van der Waals surface area contributed by atoms with Crippen molar-refractivity contribution >= 4 is 23.2 Å². The summed E-state index contributed by atoms with van der Waals surface area (Å²) in [4.78, 5) is 46.1. The highest BCUT2D eigenvalue weighted by Gasteiger charge is 2.20. The molecule has 0 bridgehead atoms. The van der Waals surface area contributed by atoms with Crippen molar-refractivity contribution in [1.29, 1.82) is 0 Å². The maximum atomic E-state index is 12.0. The molecule has 13 heteroatoms. The number of nitro benzene ring substituents is 2. The number of nitrogens with one attached hydrogen (secondary N) is 2. The number of rotatable bonds is 15. The van der Waals surface area contributed by atoms with Gasteiger partial charge < -0.3 is 44.0 Å². The van der Waals surface area contributed by atoms with E-state index in [4.69, 9.17) is 0 Å². The van der Waals surface area contributed by atoms with Crippen molar-refractivity contribution in [3.63, 3.8) is 0 Å². The molecule has 42 heavy (non-hydrogen) atoms. The molecule has 0 radical (unpaired) electrons. The van der Waals surface area contributed by atoms with Gasteiger partial charge in [-0.05, 0) is 58.1 Å². The Morgan fingerprint density at radius 2 is 1.07 bits per heavy atom. The molecule has 0 aliphatic rings. The fraction of sp³-hybridized carbons (Fsp3) is 0.517. The summed E-state index contributed by atoms with van der Waals surface area (Å²) in [6.07, 6.45) is 0. The number of benzene rings is 2. The summed E-state index contributed by atoms with van der Waals surface area (Å²) in [5.41, 5.74) is 0.859. The minimum atomic E-state index is -0.484. The smallest absolute Gasteiger partial charge is 0.269 e. The summed E-state index contributed by atoms with van der Waals surface area (Å²) in [5.74, 6) is -0.395. The van der Waals surface area contributed by atoms with Crippen LogP contribution in [-0.2, 0) is 0 Å². The number of carbonyl (C=O) groups excluding carboxylic acids is 2. The van der Waals surface area contributed by atoms with Gasteiger partial charge in [0, 0.05) is 48.5 Å². The predicted molar refractivity (Wildman–Crippen MR) is 162 cm³/mol. The first kappa shape index (κ1) is 41.0. The van der Waals surface area contributed by atoms with Crippen molar-refractivity contribution in [2.45, 2.75) is 42.0 Å². The fourth-order valence-corrected chi connectivity index (χ4v) is 4.09. The molecule has 2 aromatic rings. The summed E-state index contributed by atoms with van der Waals surface area (Å²) in [7, 11) is 0. The van der Waals surface area contributed by atoms with E-state index in [2.05, 4.69) is 50.2 Å². The monoisotopic (exact) mass is 702 g/mol. The van der Waals surface area contributed by atoms with Gasteiger partial charge in [-0.25, -0.2) is 0 Å². The van der Waals surface area contributed by atoms with Crippen molar-refractivity contribution in [3.8, 4) is 0 Å². The minimum absolute atomic E-state index is 0. The van der Waals surface area contributed by atoms with Crippen LogP contribution in [0, 0.1) is 20.2 Å². The molecule has 0 unspecified atom stereocenters. The molecule has 0 heterocycles. The van der Waals surface area contributed by atoms with Gasteiger partial charge in [-0.2, -0.15) is 0 Å². The zero-order valence-electron chi connectivity index (χ0n) is 24.6. The molecule has 0 aliphatic carbocycles.